The Kier molecular flexibility index (Phi) is 4.99. The highest BCUT2D eigenvalue weighted by Crippen LogP contribution is 2.34. The lowest BCUT2D eigenvalue weighted by Crippen LogP contribution is -2.45. The summed E-state index contributed by atoms with van der Waals surface area (Å²) in [6, 6.07) is 10.4. The lowest BCUT2D eigenvalue weighted by molar-refractivity contribution is -0.120. The lowest BCUT2D eigenvalue weighted by Gasteiger charge is -2.38. The largest absolute Gasteiger partial charge is 0.381 e. The van der Waals surface area contributed by atoms with Crippen LogP contribution in [0.4, 0.5) is 0 Å². The molecule has 2 rings (SSSR count). The van der Waals surface area contributed by atoms with Crippen LogP contribution in [-0.2, 0) is 14.9 Å². The summed E-state index contributed by atoms with van der Waals surface area (Å²) in [6.45, 7) is 4.03. The van der Waals surface area contributed by atoms with Crippen LogP contribution in [0.2, 0.25) is 0 Å². The van der Waals surface area contributed by atoms with E-state index in [9.17, 15) is 4.79 Å². The molecule has 104 valence electrons. The molecule has 1 fully saturated rings. The number of halogens is 1. The highest BCUT2D eigenvalue weighted by Gasteiger charge is 2.34. The molecule has 0 bridgehead atoms. The maximum absolute atomic E-state index is 11.8. The van der Waals surface area contributed by atoms with Gasteiger partial charge in [-0.15, -0.1) is 0 Å². The van der Waals surface area contributed by atoms with E-state index in [0.717, 1.165) is 26.1 Å². The van der Waals surface area contributed by atoms with E-state index in [1.165, 1.54) is 5.56 Å². The standard InChI is InChI=1S/C15H20BrNO2/c1-12(16)14(18)17-11-15(7-9-19-10-8-15)13-5-3-2-4-6-13/h2-6,12H,7-11H2,1H3,(H,17,18). The summed E-state index contributed by atoms with van der Waals surface area (Å²) in [5.41, 5.74) is 1.30. The molecule has 1 N–H and O–H groups in total. The van der Waals surface area contributed by atoms with Crippen molar-refractivity contribution in [1.29, 1.82) is 0 Å². The predicted molar refractivity (Wildman–Crippen MR) is 79.6 cm³/mol. The van der Waals surface area contributed by atoms with Crippen molar-refractivity contribution in [1.82, 2.24) is 5.32 Å². The fraction of sp³-hybridized carbons (Fsp3) is 0.533. The molecule has 1 unspecified atom stereocenters. The molecule has 1 aromatic carbocycles. The highest BCUT2D eigenvalue weighted by molar-refractivity contribution is 9.10. The van der Waals surface area contributed by atoms with Crippen molar-refractivity contribution in [3.63, 3.8) is 0 Å². The Bertz CT molecular complexity index is 413. The molecule has 1 heterocycles. The van der Waals surface area contributed by atoms with E-state index in [1.54, 1.807) is 0 Å². The number of ether oxygens (including phenoxy) is 1. The fourth-order valence-corrected chi connectivity index (χ4v) is 2.68. The van der Waals surface area contributed by atoms with Crippen molar-refractivity contribution in [3.8, 4) is 0 Å². The Balaban J connectivity index is 2.14. The zero-order valence-electron chi connectivity index (χ0n) is 11.2. The van der Waals surface area contributed by atoms with Crippen molar-refractivity contribution >= 4 is 21.8 Å². The Labute approximate surface area is 122 Å². The number of carbonyl (C=O) groups excluding carboxylic acids is 1. The molecule has 1 saturated heterocycles. The topological polar surface area (TPSA) is 38.3 Å². The summed E-state index contributed by atoms with van der Waals surface area (Å²) in [4.78, 5) is 11.6. The number of nitrogens with one attached hydrogen (secondary N) is 1. The third-order valence-electron chi connectivity index (χ3n) is 3.80. The minimum absolute atomic E-state index is 0.0110. The van der Waals surface area contributed by atoms with Gasteiger partial charge in [0, 0.05) is 25.2 Å². The van der Waals surface area contributed by atoms with Crippen molar-refractivity contribution < 1.29 is 9.53 Å². The SMILES string of the molecule is CC(Br)C(=O)NCC1(c2ccccc2)CCOCC1. The van der Waals surface area contributed by atoms with Gasteiger partial charge in [-0.3, -0.25) is 4.79 Å². The summed E-state index contributed by atoms with van der Waals surface area (Å²) >= 11 is 3.30. The van der Waals surface area contributed by atoms with E-state index in [-0.39, 0.29) is 16.1 Å². The quantitative estimate of drug-likeness (QED) is 0.864. The second kappa shape index (κ2) is 6.53. The summed E-state index contributed by atoms with van der Waals surface area (Å²) in [7, 11) is 0. The van der Waals surface area contributed by atoms with E-state index in [2.05, 4.69) is 45.5 Å². The molecule has 0 spiro atoms. The first-order chi connectivity index (χ1) is 9.14. The number of alkyl halides is 1. The van der Waals surface area contributed by atoms with E-state index < -0.39 is 0 Å². The van der Waals surface area contributed by atoms with Gasteiger partial charge in [0.25, 0.3) is 0 Å². The molecule has 1 aliphatic rings. The minimum Gasteiger partial charge on any atom is -0.381 e. The molecule has 1 aliphatic heterocycles. The van der Waals surface area contributed by atoms with Crippen molar-refractivity contribution in [2.75, 3.05) is 19.8 Å². The zero-order valence-corrected chi connectivity index (χ0v) is 12.8. The fourth-order valence-electron chi connectivity index (χ4n) is 2.52. The number of carbonyl (C=O) groups is 1. The van der Waals surface area contributed by atoms with Gasteiger partial charge in [-0.1, -0.05) is 46.3 Å². The Morgan fingerprint density at radius 3 is 2.58 bits per heavy atom. The molecule has 0 aromatic heterocycles. The predicted octanol–water partition coefficient (Wildman–Crippen LogP) is 2.63. The molecule has 0 aliphatic carbocycles. The first-order valence-electron chi connectivity index (χ1n) is 6.69. The van der Waals surface area contributed by atoms with Crippen molar-refractivity contribution in [3.05, 3.63) is 35.9 Å². The smallest absolute Gasteiger partial charge is 0.233 e. The zero-order chi connectivity index (χ0) is 13.7. The van der Waals surface area contributed by atoms with Crippen LogP contribution in [0.1, 0.15) is 25.3 Å². The number of rotatable bonds is 4. The second-order valence-corrected chi connectivity index (χ2v) is 6.47. The second-order valence-electron chi connectivity index (χ2n) is 5.09. The normalized spacial score (nSPS) is 19.7. The molecular weight excluding hydrogens is 306 g/mol. The van der Waals surface area contributed by atoms with Crippen LogP contribution in [0.15, 0.2) is 30.3 Å². The Morgan fingerprint density at radius 1 is 1.37 bits per heavy atom. The monoisotopic (exact) mass is 325 g/mol. The molecule has 0 radical (unpaired) electrons. The van der Waals surface area contributed by atoms with Crippen LogP contribution >= 0.6 is 15.9 Å². The summed E-state index contributed by atoms with van der Waals surface area (Å²) in [5.74, 6) is 0.0433. The third-order valence-corrected chi connectivity index (χ3v) is 4.21. The summed E-state index contributed by atoms with van der Waals surface area (Å²) in [5, 5.41) is 3.05. The minimum atomic E-state index is -0.153. The first-order valence-corrected chi connectivity index (χ1v) is 7.61. The number of benzene rings is 1. The molecule has 1 atom stereocenters. The molecule has 0 saturated carbocycles. The maximum atomic E-state index is 11.8. The molecule has 1 amide bonds. The molecule has 19 heavy (non-hydrogen) atoms. The summed E-state index contributed by atoms with van der Waals surface area (Å²) < 4.78 is 5.48. The number of hydrogen-bond donors (Lipinski definition) is 1. The van der Waals surface area contributed by atoms with Gasteiger partial charge in [-0.2, -0.15) is 0 Å². The van der Waals surface area contributed by atoms with Crippen LogP contribution in [0.3, 0.4) is 0 Å². The average Bonchev–Trinajstić information content (AvgIpc) is 2.46. The summed E-state index contributed by atoms with van der Waals surface area (Å²) in [6.07, 6.45) is 1.90. The van der Waals surface area contributed by atoms with Crippen LogP contribution in [0, 0.1) is 0 Å². The van der Waals surface area contributed by atoms with Gasteiger partial charge in [-0.05, 0) is 25.3 Å². The van der Waals surface area contributed by atoms with Gasteiger partial charge in [0.1, 0.15) is 0 Å². The van der Waals surface area contributed by atoms with Gasteiger partial charge >= 0.3 is 0 Å². The van der Waals surface area contributed by atoms with Gasteiger partial charge in [0.2, 0.25) is 5.91 Å². The first kappa shape index (κ1) is 14.5. The molecule has 3 nitrogen and oxygen atoms in total. The van der Waals surface area contributed by atoms with Gasteiger partial charge < -0.3 is 10.1 Å². The Hall–Kier alpha value is -0.870. The molecular formula is C15H20BrNO2. The van der Waals surface area contributed by atoms with Crippen molar-refractivity contribution in [2.45, 2.75) is 30.0 Å². The average molecular weight is 326 g/mol. The maximum Gasteiger partial charge on any atom is 0.233 e. The van der Waals surface area contributed by atoms with Crippen LogP contribution in [0.5, 0.6) is 0 Å². The van der Waals surface area contributed by atoms with Crippen molar-refractivity contribution in [2.24, 2.45) is 0 Å². The van der Waals surface area contributed by atoms with Crippen LogP contribution in [-0.4, -0.2) is 30.5 Å². The third kappa shape index (κ3) is 3.57. The van der Waals surface area contributed by atoms with Crippen LogP contribution < -0.4 is 5.32 Å². The number of amides is 1. The highest BCUT2D eigenvalue weighted by atomic mass is 79.9. The lowest BCUT2D eigenvalue weighted by atomic mass is 9.74. The van der Waals surface area contributed by atoms with E-state index in [1.807, 2.05) is 13.0 Å². The number of hydrogen-bond acceptors (Lipinski definition) is 2. The van der Waals surface area contributed by atoms with Gasteiger partial charge in [0.15, 0.2) is 0 Å². The van der Waals surface area contributed by atoms with E-state index in [4.69, 9.17) is 4.74 Å². The van der Waals surface area contributed by atoms with Gasteiger partial charge in [-0.25, -0.2) is 0 Å². The van der Waals surface area contributed by atoms with E-state index in [0.29, 0.717) is 6.54 Å². The van der Waals surface area contributed by atoms with Crippen LogP contribution in [0.25, 0.3) is 0 Å². The molecule has 1 aromatic rings. The van der Waals surface area contributed by atoms with E-state index >= 15 is 0 Å². The molecule has 4 heteroatoms. The Morgan fingerprint density at radius 2 is 2.00 bits per heavy atom. The van der Waals surface area contributed by atoms with Gasteiger partial charge in [0.05, 0.1) is 4.83 Å².